The van der Waals surface area contributed by atoms with Crippen LogP contribution in [0.15, 0.2) is 16.3 Å². The first kappa shape index (κ1) is 13.2. The van der Waals surface area contributed by atoms with Crippen LogP contribution in [-0.2, 0) is 0 Å². The van der Waals surface area contributed by atoms with Gasteiger partial charge in [0, 0.05) is 11.9 Å². The number of amides is 1. The second kappa shape index (κ2) is 5.70. The molecule has 0 aromatic carbocycles. The minimum atomic E-state index is -0.0944. The van der Waals surface area contributed by atoms with Crippen molar-refractivity contribution in [1.82, 2.24) is 19.4 Å². The van der Waals surface area contributed by atoms with E-state index in [1.54, 1.807) is 0 Å². The highest BCUT2D eigenvalue weighted by atomic mass is 32.1. The van der Waals surface area contributed by atoms with E-state index in [2.05, 4.69) is 14.5 Å². The van der Waals surface area contributed by atoms with E-state index in [9.17, 15) is 4.79 Å². The van der Waals surface area contributed by atoms with Gasteiger partial charge >= 0.3 is 0 Å². The molecule has 2 aromatic heterocycles. The SMILES string of the molecule is Cc1nscc1C(=O)N1CCCCCC1c1ncon1. The van der Waals surface area contributed by atoms with Crippen molar-refractivity contribution in [1.29, 1.82) is 0 Å². The van der Waals surface area contributed by atoms with Crippen molar-refractivity contribution in [3.63, 3.8) is 0 Å². The van der Waals surface area contributed by atoms with Crippen LogP contribution in [-0.4, -0.2) is 31.9 Å². The molecule has 1 fully saturated rings. The van der Waals surface area contributed by atoms with Crippen molar-refractivity contribution in [2.24, 2.45) is 0 Å². The molecular formula is C13H16N4O2S. The van der Waals surface area contributed by atoms with Crippen molar-refractivity contribution in [3.05, 3.63) is 28.9 Å². The molecule has 0 saturated carbocycles. The molecule has 2 aromatic rings. The van der Waals surface area contributed by atoms with Gasteiger partial charge in [-0.15, -0.1) is 0 Å². The Morgan fingerprint density at radius 3 is 3.05 bits per heavy atom. The average molecular weight is 292 g/mol. The fourth-order valence-electron chi connectivity index (χ4n) is 2.60. The number of aryl methyl sites for hydroxylation is 1. The monoisotopic (exact) mass is 292 g/mol. The Kier molecular flexibility index (Phi) is 3.77. The first-order valence-electron chi connectivity index (χ1n) is 6.75. The Balaban J connectivity index is 1.91. The third-order valence-corrected chi connectivity index (χ3v) is 4.39. The van der Waals surface area contributed by atoms with Crippen molar-refractivity contribution in [3.8, 4) is 0 Å². The highest BCUT2D eigenvalue weighted by Gasteiger charge is 2.31. The van der Waals surface area contributed by atoms with Gasteiger partial charge in [-0.3, -0.25) is 4.79 Å². The number of nitrogens with zero attached hydrogens (tertiary/aromatic N) is 4. The van der Waals surface area contributed by atoms with E-state index in [1.165, 1.54) is 17.9 Å². The van der Waals surface area contributed by atoms with Gasteiger partial charge in [-0.05, 0) is 31.3 Å². The molecule has 1 aliphatic rings. The van der Waals surface area contributed by atoms with Crippen LogP contribution in [0.1, 0.15) is 53.6 Å². The van der Waals surface area contributed by atoms with Crippen LogP contribution in [0.3, 0.4) is 0 Å². The van der Waals surface area contributed by atoms with Gasteiger partial charge in [0.05, 0.1) is 17.3 Å². The highest BCUT2D eigenvalue weighted by molar-refractivity contribution is 7.03. The summed E-state index contributed by atoms with van der Waals surface area (Å²) in [6.45, 7) is 2.60. The van der Waals surface area contributed by atoms with Gasteiger partial charge in [0.15, 0.2) is 5.82 Å². The minimum absolute atomic E-state index is 0.0213. The topological polar surface area (TPSA) is 72.1 Å². The Bertz CT molecular complexity index is 581. The van der Waals surface area contributed by atoms with E-state index in [0.29, 0.717) is 11.4 Å². The molecule has 1 aliphatic heterocycles. The predicted octanol–water partition coefficient (Wildman–Crippen LogP) is 2.59. The summed E-state index contributed by atoms with van der Waals surface area (Å²) in [4.78, 5) is 18.7. The molecule has 0 radical (unpaired) electrons. The molecule has 1 unspecified atom stereocenters. The van der Waals surface area contributed by atoms with E-state index in [1.807, 2.05) is 17.2 Å². The summed E-state index contributed by atoms with van der Waals surface area (Å²) in [6.07, 6.45) is 5.40. The quantitative estimate of drug-likeness (QED) is 0.850. The molecule has 0 aliphatic carbocycles. The summed E-state index contributed by atoms with van der Waals surface area (Å²) in [5.41, 5.74) is 1.47. The van der Waals surface area contributed by atoms with E-state index >= 15 is 0 Å². The lowest BCUT2D eigenvalue weighted by molar-refractivity contribution is 0.0670. The van der Waals surface area contributed by atoms with E-state index in [-0.39, 0.29) is 11.9 Å². The summed E-state index contributed by atoms with van der Waals surface area (Å²) < 4.78 is 9.03. The van der Waals surface area contributed by atoms with Gasteiger partial charge in [0.2, 0.25) is 6.39 Å². The smallest absolute Gasteiger partial charge is 0.257 e. The molecule has 3 rings (SSSR count). The largest absolute Gasteiger partial charge is 0.343 e. The fourth-order valence-corrected chi connectivity index (χ4v) is 3.28. The Morgan fingerprint density at radius 2 is 2.35 bits per heavy atom. The van der Waals surface area contributed by atoms with Crippen LogP contribution in [0.2, 0.25) is 0 Å². The van der Waals surface area contributed by atoms with Crippen LogP contribution < -0.4 is 0 Å². The molecule has 1 amide bonds. The molecule has 1 saturated heterocycles. The lowest BCUT2D eigenvalue weighted by Gasteiger charge is -2.27. The van der Waals surface area contributed by atoms with Crippen LogP contribution >= 0.6 is 11.5 Å². The maximum Gasteiger partial charge on any atom is 0.257 e. The summed E-state index contributed by atoms with van der Waals surface area (Å²) >= 11 is 1.32. The number of carbonyl (C=O) groups is 1. The molecule has 0 bridgehead atoms. The van der Waals surface area contributed by atoms with Gasteiger partial charge in [0.25, 0.3) is 5.91 Å². The van der Waals surface area contributed by atoms with Gasteiger partial charge in [-0.1, -0.05) is 18.0 Å². The van der Waals surface area contributed by atoms with Crippen LogP contribution in [0, 0.1) is 6.92 Å². The molecular weight excluding hydrogens is 276 g/mol. The maximum absolute atomic E-state index is 12.7. The van der Waals surface area contributed by atoms with Crippen LogP contribution in [0.25, 0.3) is 0 Å². The number of carbonyl (C=O) groups excluding carboxylic acids is 1. The molecule has 20 heavy (non-hydrogen) atoms. The fraction of sp³-hybridized carbons (Fsp3) is 0.538. The molecule has 6 nitrogen and oxygen atoms in total. The molecule has 0 spiro atoms. The zero-order valence-corrected chi connectivity index (χ0v) is 12.1. The zero-order chi connectivity index (χ0) is 13.9. The molecule has 1 atom stereocenters. The summed E-state index contributed by atoms with van der Waals surface area (Å²) in [7, 11) is 0. The lowest BCUT2D eigenvalue weighted by atomic mass is 10.1. The third kappa shape index (κ3) is 2.45. The highest BCUT2D eigenvalue weighted by Crippen LogP contribution is 2.30. The van der Waals surface area contributed by atoms with E-state index in [4.69, 9.17) is 4.52 Å². The zero-order valence-electron chi connectivity index (χ0n) is 11.3. The Morgan fingerprint density at radius 1 is 1.45 bits per heavy atom. The van der Waals surface area contributed by atoms with Crippen molar-refractivity contribution in [2.75, 3.05) is 6.54 Å². The predicted molar refractivity (Wildman–Crippen MR) is 73.4 cm³/mol. The van der Waals surface area contributed by atoms with Crippen molar-refractivity contribution < 1.29 is 9.32 Å². The maximum atomic E-state index is 12.7. The standard InChI is InChI=1S/C13H16N4O2S/c1-9-10(7-20-16-9)13(18)17-6-4-2-3-5-11(17)12-14-8-19-15-12/h7-8,11H,2-6H2,1H3. The molecule has 106 valence electrons. The van der Waals surface area contributed by atoms with E-state index in [0.717, 1.165) is 37.9 Å². The summed E-state index contributed by atoms with van der Waals surface area (Å²) in [5, 5.41) is 5.74. The summed E-state index contributed by atoms with van der Waals surface area (Å²) in [5.74, 6) is 0.619. The lowest BCUT2D eigenvalue weighted by Crippen LogP contribution is -2.35. The second-order valence-electron chi connectivity index (χ2n) is 4.97. The van der Waals surface area contributed by atoms with Gasteiger partial charge in [-0.2, -0.15) is 9.36 Å². The summed E-state index contributed by atoms with van der Waals surface area (Å²) in [6, 6.07) is -0.0944. The van der Waals surface area contributed by atoms with Crippen molar-refractivity contribution in [2.45, 2.75) is 38.6 Å². The van der Waals surface area contributed by atoms with Gasteiger partial charge in [-0.25, -0.2) is 0 Å². The molecule has 0 N–H and O–H groups in total. The van der Waals surface area contributed by atoms with Gasteiger partial charge < -0.3 is 9.42 Å². The first-order chi connectivity index (χ1) is 9.77. The van der Waals surface area contributed by atoms with Gasteiger partial charge in [0.1, 0.15) is 0 Å². The first-order valence-corrected chi connectivity index (χ1v) is 7.59. The second-order valence-corrected chi connectivity index (χ2v) is 5.60. The van der Waals surface area contributed by atoms with Crippen molar-refractivity contribution >= 4 is 17.4 Å². The molecule has 7 heteroatoms. The van der Waals surface area contributed by atoms with E-state index < -0.39 is 0 Å². The number of likely N-dealkylation sites (tertiary alicyclic amines) is 1. The van der Waals surface area contributed by atoms with Crippen LogP contribution in [0.4, 0.5) is 0 Å². The third-order valence-electron chi connectivity index (χ3n) is 3.67. The number of aromatic nitrogens is 3. The Hall–Kier alpha value is -1.76. The minimum Gasteiger partial charge on any atom is -0.343 e. The normalized spacial score (nSPS) is 19.9. The number of rotatable bonds is 2. The van der Waals surface area contributed by atoms with Crippen LogP contribution in [0.5, 0.6) is 0 Å². The Labute approximate surface area is 121 Å². The molecule has 3 heterocycles. The number of hydrogen-bond donors (Lipinski definition) is 0. The number of hydrogen-bond acceptors (Lipinski definition) is 6. The average Bonchev–Trinajstić information content (AvgIpc) is 3.05.